The van der Waals surface area contributed by atoms with Crippen molar-refractivity contribution in [1.82, 2.24) is 0 Å². The molecule has 6 nitrogen and oxygen atoms in total. The molecule has 1 heterocycles. The maximum atomic E-state index is 13.4. The SMILES string of the molecule is COc1cc(NC(=O)C(Sc2ccc(NC(=O)c3cccs3)cc2)c2ccccc2)cc(OC)c1. The zero-order chi connectivity index (χ0) is 24.6. The van der Waals surface area contributed by atoms with E-state index in [1.165, 1.54) is 23.1 Å². The number of nitrogens with one attached hydrogen (secondary N) is 2. The van der Waals surface area contributed by atoms with Crippen LogP contribution in [0.1, 0.15) is 20.5 Å². The van der Waals surface area contributed by atoms with E-state index in [0.717, 1.165) is 10.5 Å². The molecule has 0 aliphatic rings. The Morgan fingerprint density at radius 3 is 2.09 bits per heavy atom. The molecule has 0 aliphatic carbocycles. The summed E-state index contributed by atoms with van der Waals surface area (Å²) >= 11 is 2.82. The summed E-state index contributed by atoms with van der Waals surface area (Å²) in [5.41, 5.74) is 2.15. The number of thiophene rings is 1. The lowest BCUT2D eigenvalue weighted by Crippen LogP contribution is -2.19. The number of anilines is 2. The first-order valence-corrected chi connectivity index (χ1v) is 12.5. The number of carbonyl (C=O) groups is 2. The van der Waals surface area contributed by atoms with Crippen molar-refractivity contribution < 1.29 is 19.1 Å². The molecule has 8 heteroatoms. The summed E-state index contributed by atoms with van der Waals surface area (Å²) in [5, 5.41) is 7.25. The third-order valence-corrected chi connectivity index (χ3v) is 7.21. The standard InChI is InChI=1S/C27H24N2O4S2/c1-32-21-15-20(16-22(17-21)33-2)29-27(31)25(18-7-4-3-5-8-18)35-23-12-10-19(11-13-23)28-26(30)24-9-6-14-34-24/h3-17,25H,1-2H3,(H,28,30)(H,29,31). The van der Waals surface area contributed by atoms with Crippen LogP contribution in [0.2, 0.25) is 0 Å². The van der Waals surface area contributed by atoms with Gasteiger partial charge in [0.15, 0.2) is 0 Å². The Morgan fingerprint density at radius 2 is 1.49 bits per heavy atom. The Bertz CT molecular complexity index is 1250. The molecule has 35 heavy (non-hydrogen) atoms. The summed E-state index contributed by atoms with van der Waals surface area (Å²) in [6, 6.07) is 25.9. The van der Waals surface area contributed by atoms with Gasteiger partial charge in [0.25, 0.3) is 5.91 Å². The molecule has 1 atom stereocenters. The molecule has 4 aromatic rings. The van der Waals surface area contributed by atoms with E-state index in [1.807, 2.05) is 66.0 Å². The van der Waals surface area contributed by atoms with E-state index in [0.29, 0.717) is 27.8 Å². The van der Waals surface area contributed by atoms with Gasteiger partial charge in [0, 0.05) is 34.5 Å². The predicted octanol–water partition coefficient (Wildman–Crippen LogP) is 6.49. The quantitative estimate of drug-likeness (QED) is 0.255. The van der Waals surface area contributed by atoms with Crippen molar-refractivity contribution in [2.75, 3.05) is 24.9 Å². The molecular formula is C27H24N2O4S2. The summed E-state index contributed by atoms with van der Waals surface area (Å²) in [5.74, 6) is 0.856. The largest absolute Gasteiger partial charge is 0.497 e. The Hall–Kier alpha value is -3.75. The first-order chi connectivity index (χ1) is 17.1. The minimum atomic E-state index is -0.500. The third-order valence-electron chi connectivity index (χ3n) is 5.07. The second-order valence-electron chi connectivity index (χ2n) is 7.45. The van der Waals surface area contributed by atoms with Crippen molar-refractivity contribution >= 4 is 46.3 Å². The van der Waals surface area contributed by atoms with E-state index < -0.39 is 5.25 Å². The lowest BCUT2D eigenvalue weighted by molar-refractivity contribution is -0.115. The fourth-order valence-corrected chi connectivity index (χ4v) is 4.99. The van der Waals surface area contributed by atoms with Crippen LogP contribution in [0.3, 0.4) is 0 Å². The molecular weight excluding hydrogens is 480 g/mol. The van der Waals surface area contributed by atoms with Gasteiger partial charge < -0.3 is 20.1 Å². The normalized spacial score (nSPS) is 11.4. The number of thioether (sulfide) groups is 1. The Balaban J connectivity index is 1.51. The van der Waals surface area contributed by atoms with Gasteiger partial charge in [-0.15, -0.1) is 23.1 Å². The van der Waals surface area contributed by atoms with Crippen molar-refractivity contribution in [3.8, 4) is 11.5 Å². The van der Waals surface area contributed by atoms with Crippen molar-refractivity contribution in [2.24, 2.45) is 0 Å². The van der Waals surface area contributed by atoms with Crippen LogP contribution in [0.25, 0.3) is 0 Å². The average molecular weight is 505 g/mol. The molecule has 0 bridgehead atoms. The predicted molar refractivity (Wildman–Crippen MR) is 142 cm³/mol. The molecule has 178 valence electrons. The highest BCUT2D eigenvalue weighted by molar-refractivity contribution is 8.00. The van der Waals surface area contributed by atoms with Gasteiger partial charge in [-0.25, -0.2) is 0 Å². The Morgan fingerprint density at radius 1 is 0.800 bits per heavy atom. The van der Waals surface area contributed by atoms with Crippen LogP contribution in [0.5, 0.6) is 11.5 Å². The first kappa shape index (κ1) is 24.4. The van der Waals surface area contributed by atoms with Crippen molar-refractivity contribution in [3.05, 3.63) is 101 Å². The summed E-state index contributed by atoms with van der Waals surface area (Å²) in [7, 11) is 3.13. The molecule has 2 N–H and O–H groups in total. The monoisotopic (exact) mass is 504 g/mol. The van der Waals surface area contributed by atoms with E-state index in [1.54, 1.807) is 38.5 Å². The molecule has 0 saturated carbocycles. The van der Waals surface area contributed by atoms with Crippen molar-refractivity contribution in [1.29, 1.82) is 0 Å². The second kappa shape index (κ2) is 11.6. The Labute approximate surface area is 212 Å². The van der Waals surface area contributed by atoms with Crippen LogP contribution in [0.4, 0.5) is 11.4 Å². The summed E-state index contributed by atoms with van der Waals surface area (Å²) in [4.78, 5) is 27.2. The van der Waals surface area contributed by atoms with E-state index in [4.69, 9.17) is 9.47 Å². The summed E-state index contributed by atoms with van der Waals surface area (Å²) < 4.78 is 10.6. The highest BCUT2D eigenvalue weighted by Gasteiger charge is 2.23. The molecule has 2 amide bonds. The molecule has 0 spiro atoms. The number of amides is 2. The molecule has 0 radical (unpaired) electrons. The zero-order valence-corrected chi connectivity index (χ0v) is 20.8. The summed E-state index contributed by atoms with van der Waals surface area (Å²) in [6.45, 7) is 0. The average Bonchev–Trinajstić information content (AvgIpc) is 3.44. The number of methoxy groups -OCH3 is 2. The number of ether oxygens (including phenoxy) is 2. The van der Waals surface area contributed by atoms with Gasteiger partial charge in [-0.2, -0.15) is 0 Å². The zero-order valence-electron chi connectivity index (χ0n) is 19.2. The second-order valence-corrected chi connectivity index (χ2v) is 9.58. The maximum Gasteiger partial charge on any atom is 0.265 e. The minimum absolute atomic E-state index is 0.143. The molecule has 3 aromatic carbocycles. The molecule has 0 saturated heterocycles. The van der Waals surface area contributed by atoms with Gasteiger partial charge in [-0.05, 0) is 41.3 Å². The van der Waals surface area contributed by atoms with Crippen molar-refractivity contribution in [2.45, 2.75) is 10.1 Å². The van der Waals surface area contributed by atoms with Crippen LogP contribution in [-0.4, -0.2) is 26.0 Å². The number of hydrogen-bond donors (Lipinski definition) is 2. The maximum absolute atomic E-state index is 13.4. The fraction of sp³-hybridized carbons (Fsp3) is 0.111. The highest BCUT2D eigenvalue weighted by Crippen LogP contribution is 2.37. The topological polar surface area (TPSA) is 76.7 Å². The van der Waals surface area contributed by atoms with Gasteiger partial charge in [0.05, 0.1) is 19.1 Å². The van der Waals surface area contributed by atoms with Crippen LogP contribution < -0.4 is 20.1 Å². The smallest absolute Gasteiger partial charge is 0.265 e. The third kappa shape index (κ3) is 6.44. The molecule has 0 aliphatic heterocycles. The fourth-order valence-electron chi connectivity index (χ4n) is 3.34. The van der Waals surface area contributed by atoms with Gasteiger partial charge in [-0.1, -0.05) is 36.4 Å². The molecule has 4 rings (SSSR count). The number of rotatable bonds is 9. The van der Waals surface area contributed by atoms with E-state index in [9.17, 15) is 9.59 Å². The summed E-state index contributed by atoms with van der Waals surface area (Å²) in [6.07, 6.45) is 0. The molecule has 0 fully saturated rings. The van der Waals surface area contributed by atoms with Gasteiger partial charge in [0.1, 0.15) is 16.7 Å². The van der Waals surface area contributed by atoms with Crippen LogP contribution in [-0.2, 0) is 4.79 Å². The van der Waals surface area contributed by atoms with E-state index in [2.05, 4.69) is 10.6 Å². The Kier molecular flexibility index (Phi) is 8.07. The number of benzene rings is 3. The number of carbonyl (C=O) groups excluding carboxylic acids is 2. The van der Waals surface area contributed by atoms with Crippen LogP contribution in [0, 0.1) is 0 Å². The first-order valence-electron chi connectivity index (χ1n) is 10.8. The van der Waals surface area contributed by atoms with Gasteiger partial charge >= 0.3 is 0 Å². The lowest BCUT2D eigenvalue weighted by atomic mass is 10.1. The minimum Gasteiger partial charge on any atom is -0.497 e. The van der Waals surface area contributed by atoms with Crippen LogP contribution in [0.15, 0.2) is 95.2 Å². The van der Waals surface area contributed by atoms with Crippen molar-refractivity contribution in [3.63, 3.8) is 0 Å². The highest BCUT2D eigenvalue weighted by atomic mass is 32.2. The molecule has 1 unspecified atom stereocenters. The van der Waals surface area contributed by atoms with Gasteiger partial charge in [-0.3, -0.25) is 9.59 Å². The van der Waals surface area contributed by atoms with Crippen LogP contribution >= 0.6 is 23.1 Å². The van der Waals surface area contributed by atoms with E-state index in [-0.39, 0.29) is 11.8 Å². The number of hydrogen-bond acceptors (Lipinski definition) is 6. The lowest BCUT2D eigenvalue weighted by Gasteiger charge is -2.18. The van der Waals surface area contributed by atoms with E-state index >= 15 is 0 Å². The van der Waals surface area contributed by atoms with Gasteiger partial charge in [0.2, 0.25) is 5.91 Å². The molecule has 1 aromatic heterocycles.